The number of benzene rings is 2. The first kappa shape index (κ1) is 22.8. The molecule has 2 heterocycles. The summed E-state index contributed by atoms with van der Waals surface area (Å²) in [6.45, 7) is 4.69. The molecule has 1 N–H and O–H groups in total. The van der Waals surface area contributed by atoms with Gasteiger partial charge in [-0.25, -0.2) is 4.57 Å². The molecule has 2 aliphatic rings. The van der Waals surface area contributed by atoms with E-state index in [1.54, 1.807) is 18.3 Å². The molecule has 8 heteroatoms. The van der Waals surface area contributed by atoms with Crippen molar-refractivity contribution in [2.24, 2.45) is 0 Å². The van der Waals surface area contributed by atoms with Crippen molar-refractivity contribution in [2.75, 3.05) is 6.61 Å². The maximum Gasteiger partial charge on any atom is 0.527 e. The van der Waals surface area contributed by atoms with E-state index in [1.807, 2.05) is 30.5 Å². The molecular formula is C26H26NO6P. The van der Waals surface area contributed by atoms with Gasteiger partial charge >= 0.3 is 7.82 Å². The summed E-state index contributed by atoms with van der Waals surface area (Å²) >= 11 is 0. The number of ketones is 2. The normalized spacial score (nSPS) is 17.9. The molecule has 0 radical (unpaired) electrons. The zero-order chi connectivity index (χ0) is 24.0. The average molecular weight is 479 g/mol. The van der Waals surface area contributed by atoms with Gasteiger partial charge in [0.2, 0.25) is 0 Å². The number of aromatic nitrogens is 1. The molecule has 0 bridgehead atoms. The van der Waals surface area contributed by atoms with Crippen LogP contribution < -0.4 is 4.52 Å². The molecule has 0 amide bonds. The lowest BCUT2D eigenvalue weighted by Gasteiger charge is -2.27. The molecule has 0 saturated carbocycles. The van der Waals surface area contributed by atoms with E-state index in [4.69, 9.17) is 9.05 Å². The topological polar surface area (TPSA) is 94.8 Å². The van der Waals surface area contributed by atoms with E-state index < -0.39 is 13.6 Å². The van der Waals surface area contributed by atoms with Crippen molar-refractivity contribution >= 4 is 19.4 Å². The van der Waals surface area contributed by atoms with Gasteiger partial charge in [-0.1, -0.05) is 63.1 Å². The Morgan fingerprint density at radius 1 is 1.03 bits per heavy atom. The summed E-state index contributed by atoms with van der Waals surface area (Å²) < 4.78 is 24.8. The Kier molecular flexibility index (Phi) is 5.80. The minimum atomic E-state index is -4.46. The maximum absolute atomic E-state index is 13.6. The molecule has 3 aromatic rings. The van der Waals surface area contributed by atoms with Crippen LogP contribution in [0.25, 0.3) is 0 Å². The fourth-order valence-electron chi connectivity index (χ4n) is 4.99. The van der Waals surface area contributed by atoms with Crippen molar-refractivity contribution in [1.82, 2.24) is 4.57 Å². The Labute approximate surface area is 197 Å². The molecule has 7 nitrogen and oxygen atoms in total. The van der Waals surface area contributed by atoms with Gasteiger partial charge in [0.25, 0.3) is 0 Å². The summed E-state index contributed by atoms with van der Waals surface area (Å²) in [4.78, 5) is 37.4. The van der Waals surface area contributed by atoms with E-state index >= 15 is 0 Å². The molecule has 2 atom stereocenters. The van der Waals surface area contributed by atoms with Crippen LogP contribution in [0.3, 0.4) is 0 Å². The van der Waals surface area contributed by atoms with Gasteiger partial charge < -0.3 is 9.09 Å². The third-order valence-electron chi connectivity index (χ3n) is 6.58. The second kappa shape index (κ2) is 8.66. The lowest BCUT2D eigenvalue weighted by Crippen LogP contribution is -2.23. The van der Waals surface area contributed by atoms with Crippen LogP contribution in [0.15, 0.2) is 48.7 Å². The second-order valence-corrected chi connectivity index (χ2v) is 10.2. The first-order valence-corrected chi connectivity index (χ1v) is 13.0. The number of rotatable bonds is 7. The van der Waals surface area contributed by atoms with Crippen LogP contribution in [0.5, 0.6) is 5.75 Å². The molecule has 0 fully saturated rings. The van der Waals surface area contributed by atoms with Crippen molar-refractivity contribution in [3.8, 4) is 5.75 Å². The first-order chi connectivity index (χ1) is 16.3. The number of phosphoric ester groups is 1. The summed E-state index contributed by atoms with van der Waals surface area (Å²) in [5, 5.41) is 0. The predicted molar refractivity (Wildman–Crippen MR) is 127 cm³/mol. The van der Waals surface area contributed by atoms with Crippen LogP contribution >= 0.6 is 7.82 Å². The Morgan fingerprint density at radius 3 is 2.59 bits per heavy atom. The first-order valence-electron chi connectivity index (χ1n) is 11.5. The fourth-order valence-corrected chi connectivity index (χ4v) is 5.81. The summed E-state index contributed by atoms with van der Waals surface area (Å²) in [5.74, 6) is -0.861. The number of carbonyl (C=O) groups excluding carboxylic acids is 2. The monoisotopic (exact) mass is 479 g/mol. The highest BCUT2D eigenvalue weighted by molar-refractivity contribution is 7.47. The molecule has 1 aliphatic heterocycles. The standard InChI is InChI=1S/C26H26NO6P/c1-3-4-7-13-32-34(30,31)33-21-12-8-11-19-22(21)26(29)20-15-27-14-17-9-5-6-10-18(17)16(2)24(27)23(20)25(19)28/h5-6,8-12,15-16H,3-4,7,13-14H2,1-2H3,(H,30,31). The van der Waals surface area contributed by atoms with Gasteiger partial charge in [0.1, 0.15) is 5.75 Å². The van der Waals surface area contributed by atoms with Crippen LogP contribution in [-0.4, -0.2) is 27.6 Å². The Balaban J connectivity index is 1.52. The minimum Gasteiger partial charge on any atom is -0.403 e. The lowest BCUT2D eigenvalue weighted by atomic mass is 9.81. The number of unbranched alkanes of at least 4 members (excludes halogenated alkanes) is 2. The van der Waals surface area contributed by atoms with E-state index in [1.165, 1.54) is 6.07 Å². The minimum absolute atomic E-state index is 0.000419. The fraction of sp³-hybridized carbons (Fsp3) is 0.308. The SMILES string of the molecule is CCCCCOP(=O)(O)Oc1cccc2c1C(=O)c1cn3c(c1C2=O)C(C)c1ccccc1C3. The van der Waals surface area contributed by atoms with Crippen LogP contribution in [-0.2, 0) is 15.6 Å². The molecule has 176 valence electrons. The van der Waals surface area contributed by atoms with Crippen LogP contribution in [0.2, 0.25) is 0 Å². The summed E-state index contributed by atoms with van der Waals surface area (Å²) in [5.41, 5.74) is 3.97. The quantitative estimate of drug-likeness (QED) is 0.279. The zero-order valence-electron chi connectivity index (χ0n) is 19.1. The number of hydrogen-bond donors (Lipinski definition) is 1. The Hall–Kier alpha value is -2.99. The number of nitrogens with zero attached hydrogens (tertiary/aromatic N) is 1. The number of fused-ring (bicyclic) bond motifs is 5. The zero-order valence-corrected chi connectivity index (χ0v) is 20.0. The number of phosphoric acid groups is 1. The summed E-state index contributed by atoms with van der Waals surface area (Å²) in [7, 11) is -4.46. The van der Waals surface area contributed by atoms with E-state index in [2.05, 4.69) is 12.1 Å². The molecule has 1 aromatic heterocycles. The highest BCUT2D eigenvalue weighted by atomic mass is 31.2. The molecular weight excluding hydrogens is 453 g/mol. The van der Waals surface area contributed by atoms with Gasteiger partial charge in [0.05, 0.1) is 23.3 Å². The summed E-state index contributed by atoms with van der Waals surface area (Å²) in [6.07, 6.45) is 4.14. The summed E-state index contributed by atoms with van der Waals surface area (Å²) in [6, 6.07) is 12.6. The lowest BCUT2D eigenvalue weighted by molar-refractivity contribution is 0.0976. The van der Waals surface area contributed by atoms with Crippen molar-refractivity contribution < 1.29 is 28.1 Å². The van der Waals surface area contributed by atoms with E-state index in [0.717, 1.165) is 29.7 Å². The molecule has 0 saturated heterocycles. The highest BCUT2D eigenvalue weighted by Crippen LogP contribution is 2.48. The predicted octanol–water partition coefficient (Wildman–Crippen LogP) is 5.46. The van der Waals surface area contributed by atoms with Crippen molar-refractivity contribution in [2.45, 2.75) is 45.6 Å². The Morgan fingerprint density at radius 2 is 1.79 bits per heavy atom. The highest BCUT2D eigenvalue weighted by Gasteiger charge is 2.40. The van der Waals surface area contributed by atoms with Crippen LogP contribution in [0, 0.1) is 0 Å². The van der Waals surface area contributed by atoms with Crippen LogP contribution in [0.4, 0.5) is 0 Å². The molecule has 5 rings (SSSR count). The van der Waals surface area contributed by atoms with Gasteiger partial charge in [-0.05, 0) is 23.6 Å². The Bertz CT molecular complexity index is 1360. The van der Waals surface area contributed by atoms with Gasteiger partial charge in [-0.15, -0.1) is 0 Å². The van der Waals surface area contributed by atoms with Gasteiger partial charge in [0.15, 0.2) is 11.6 Å². The van der Waals surface area contributed by atoms with Gasteiger partial charge in [-0.3, -0.25) is 19.0 Å². The largest absolute Gasteiger partial charge is 0.527 e. The maximum atomic E-state index is 13.6. The molecule has 34 heavy (non-hydrogen) atoms. The van der Waals surface area contributed by atoms with Crippen molar-refractivity contribution in [3.63, 3.8) is 0 Å². The number of carbonyl (C=O) groups is 2. The molecule has 1 aliphatic carbocycles. The third-order valence-corrected chi connectivity index (χ3v) is 7.51. The van der Waals surface area contributed by atoms with E-state index in [-0.39, 0.29) is 35.2 Å². The third kappa shape index (κ3) is 3.74. The molecule has 0 spiro atoms. The van der Waals surface area contributed by atoms with Crippen molar-refractivity contribution in [1.29, 1.82) is 0 Å². The van der Waals surface area contributed by atoms with E-state index in [9.17, 15) is 19.0 Å². The number of hydrogen-bond acceptors (Lipinski definition) is 5. The van der Waals surface area contributed by atoms with E-state index in [0.29, 0.717) is 24.1 Å². The van der Waals surface area contributed by atoms with Gasteiger partial charge in [0, 0.05) is 29.9 Å². The smallest absolute Gasteiger partial charge is 0.403 e. The van der Waals surface area contributed by atoms with Crippen LogP contribution in [0.1, 0.15) is 87.7 Å². The van der Waals surface area contributed by atoms with Gasteiger partial charge in [-0.2, -0.15) is 0 Å². The molecule has 2 unspecified atom stereocenters. The second-order valence-electron chi connectivity index (χ2n) is 8.79. The van der Waals surface area contributed by atoms with Crippen molar-refractivity contribution in [3.05, 3.63) is 87.7 Å². The average Bonchev–Trinajstić information content (AvgIpc) is 3.20. The molecule has 2 aromatic carbocycles.